The summed E-state index contributed by atoms with van der Waals surface area (Å²) in [5.74, 6) is 0. The van der Waals surface area contributed by atoms with E-state index >= 15 is 0 Å². The van der Waals surface area contributed by atoms with Gasteiger partial charge in [0, 0.05) is 13.7 Å². The van der Waals surface area contributed by atoms with Crippen LogP contribution in [0, 0.1) is 0 Å². The Labute approximate surface area is 55.3 Å². The molecule has 54 valence electrons. The van der Waals surface area contributed by atoms with Crippen molar-refractivity contribution in [2.45, 2.75) is 19.2 Å². The molecule has 1 rings (SSSR count). The van der Waals surface area contributed by atoms with Crippen molar-refractivity contribution in [2.75, 3.05) is 20.3 Å². The van der Waals surface area contributed by atoms with Crippen LogP contribution in [0.5, 0.6) is 0 Å². The Hall–Kier alpha value is -0.120. The third kappa shape index (κ3) is 1.93. The van der Waals surface area contributed by atoms with Crippen LogP contribution in [0.15, 0.2) is 0 Å². The summed E-state index contributed by atoms with van der Waals surface area (Å²) in [4.78, 5) is 0. The SMILES string of the molecule is CCOCC1NC1OC. The predicted octanol–water partition coefficient (Wildman–Crippen LogP) is -0.0328. The maximum atomic E-state index is 5.15. The van der Waals surface area contributed by atoms with E-state index in [4.69, 9.17) is 9.47 Å². The van der Waals surface area contributed by atoms with Gasteiger partial charge in [0.2, 0.25) is 0 Å². The van der Waals surface area contributed by atoms with Gasteiger partial charge in [-0.3, -0.25) is 5.32 Å². The number of hydrogen-bond donors (Lipinski definition) is 1. The second kappa shape index (κ2) is 3.15. The minimum absolute atomic E-state index is 0.247. The summed E-state index contributed by atoms with van der Waals surface area (Å²) in [6.45, 7) is 3.55. The fourth-order valence-corrected chi connectivity index (χ4v) is 0.768. The first-order valence-electron chi connectivity index (χ1n) is 3.25. The number of ether oxygens (including phenoxy) is 2. The van der Waals surface area contributed by atoms with Crippen LogP contribution in [0.2, 0.25) is 0 Å². The molecule has 3 heteroatoms. The van der Waals surface area contributed by atoms with Gasteiger partial charge in [0.25, 0.3) is 0 Å². The van der Waals surface area contributed by atoms with Gasteiger partial charge in [-0.25, -0.2) is 0 Å². The lowest BCUT2D eigenvalue weighted by molar-refractivity contribution is 0.122. The second-order valence-electron chi connectivity index (χ2n) is 2.09. The topological polar surface area (TPSA) is 40.4 Å². The van der Waals surface area contributed by atoms with E-state index in [2.05, 4.69) is 5.32 Å². The molecule has 0 aromatic carbocycles. The molecule has 1 saturated heterocycles. The molecule has 1 aliphatic heterocycles. The van der Waals surface area contributed by atoms with Gasteiger partial charge in [-0.1, -0.05) is 0 Å². The first-order valence-corrected chi connectivity index (χ1v) is 3.25. The van der Waals surface area contributed by atoms with Crippen LogP contribution in [0.3, 0.4) is 0 Å². The molecule has 0 radical (unpaired) electrons. The number of hydrogen-bond acceptors (Lipinski definition) is 3. The van der Waals surface area contributed by atoms with Crippen molar-refractivity contribution >= 4 is 0 Å². The van der Waals surface area contributed by atoms with Gasteiger partial charge < -0.3 is 9.47 Å². The molecule has 0 aliphatic carbocycles. The quantitative estimate of drug-likeness (QED) is 0.544. The molecular weight excluding hydrogens is 118 g/mol. The summed E-state index contributed by atoms with van der Waals surface area (Å²) in [6, 6.07) is 0.440. The van der Waals surface area contributed by atoms with Gasteiger partial charge in [0.05, 0.1) is 12.6 Å². The van der Waals surface area contributed by atoms with Crippen LogP contribution in [0.25, 0.3) is 0 Å². The van der Waals surface area contributed by atoms with Gasteiger partial charge in [0.15, 0.2) is 0 Å². The first kappa shape index (κ1) is 6.99. The Morgan fingerprint density at radius 2 is 2.33 bits per heavy atom. The molecule has 0 amide bonds. The van der Waals surface area contributed by atoms with Crippen LogP contribution in [0.1, 0.15) is 6.92 Å². The summed E-state index contributed by atoms with van der Waals surface area (Å²) >= 11 is 0. The van der Waals surface area contributed by atoms with E-state index in [1.807, 2.05) is 6.92 Å². The van der Waals surface area contributed by atoms with E-state index in [9.17, 15) is 0 Å². The van der Waals surface area contributed by atoms with Crippen molar-refractivity contribution in [3.05, 3.63) is 0 Å². The molecule has 2 atom stereocenters. The summed E-state index contributed by atoms with van der Waals surface area (Å²) in [6.07, 6.45) is 0.247. The zero-order valence-electron chi connectivity index (χ0n) is 5.89. The molecule has 3 nitrogen and oxygen atoms in total. The van der Waals surface area contributed by atoms with Gasteiger partial charge in [-0.2, -0.15) is 0 Å². The Morgan fingerprint density at radius 3 is 2.78 bits per heavy atom. The molecule has 1 fully saturated rings. The lowest BCUT2D eigenvalue weighted by Crippen LogP contribution is -2.05. The van der Waals surface area contributed by atoms with Crippen LogP contribution >= 0.6 is 0 Å². The highest BCUT2D eigenvalue weighted by Gasteiger charge is 2.35. The summed E-state index contributed by atoms with van der Waals surface area (Å²) in [5, 5.41) is 3.11. The average Bonchev–Trinajstić information content (AvgIpc) is 2.62. The number of rotatable bonds is 4. The predicted molar refractivity (Wildman–Crippen MR) is 34.2 cm³/mol. The molecular formula is C6H13NO2. The second-order valence-corrected chi connectivity index (χ2v) is 2.09. The fraction of sp³-hybridized carbons (Fsp3) is 1.00. The maximum Gasteiger partial charge on any atom is 0.125 e. The summed E-state index contributed by atoms with van der Waals surface area (Å²) in [5.41, 5.74) is 0. The number of nitrogens with one attached hydrogen (secondary N) is 1. The summed E-state index contributed by atoms with van der Waals surface area (Å²) in [7, 11) is 1.70. The van der Waals surface area contributed by atoms with Gasteiger partial charge in [0.1, 0.15) is 6.23 Å². The molecule has 1 heterocycles. The molecule has 0 bridgehead atoms. The zero-order valence-corrected chi connectivity index (χ0v) is 5.89. The average molecular weight is 131 g/mol. The summed E-state index contributed by atoms with van der Waals surface area (Å²) < 4.78 is 10.1. The van der Waals surface area contributed by atoms with Gasteiger partial charge in [-0.15, -0.1) is 0 Å². The fourth-order valence-electron chi connectivity index (χ4n) is 0.768. The van der Waals surface area contributed by atoms with Gasteiger partial charge >= 0.3 is 0 Å². The lowest BCUT2D eigenvalue weighted by atomic mass is 10.5. The van der Waals surface area contributed by atoms with Crippen molar-refractivity contribution in [1.29, 1.82) is 0 Å². The largest absolute Gasteiger partial charge is 0.380 e. The van der Waals surface area contributed by atoms with Crippen molar-refractivity contribution in [3.63, 3.8) is 0 Å². The minimum atomic E-state index is 0.247. The van der Waals surface area contributed by atoms with E-state index in [0.717, 1.165) is 13.2 Å². The molecule has 2 unspecified atom stereocenters. The zero-order chi connectivity index (χ0) is 6.69. The van der Waals surface area contributed by atoms with Gasteiger partial charge in [-0.05, 0) is 6.92 Å². The Kier molecular flexibility index (Phi) is 2.45. The van der Waals surface area contributed by atoms with Crippen molar-refractivity contribution < 1.29 is 9.47 Å². The van der Waals surface area contributed by atoms with Crippen LogP contribution in [-0.2, 0) is 9.47 Å². The lowest BCUT2D eigenvalue weighted by Gasteiger charge is -1.95. The molecule has 0 aromatic heterocycles. The first-order chi connectivity index (χ1) is 4.38. The van der Waals surface area contributed by atoms with Crippen molar-refractivity contribution in [3.8, 4) is 0 Å². The molecule has 1 aliphatic rings. The third-order valence-corrected chi connectivity index (χ3v) is 1.39. The third-order valence-electron chi connectivity index (χ3n) is 1.39. The van der Waals surface area contributed by atoms with E-state index in [1.54, 1.807) is 7.11 Å². The molecule has 0 spiro atoms. The Morgan fingerprint density at radius 1 is 1.56 bits per heavy atom. The Balaban J connectivity index is 1.92. The highest BCUT2D eigenvalue weighted by Crippen LogP contribution is 2.10. The molecule has 0 saturated carbocycles. The Bertz CT molecular complexity index is 87.1. The van der Waals surface area contributed by atoms with Crippen LogP contribution < -0.4 is 5.32 Å². The van der Waals surface area contributed by atoms with E-state index in [-0.39, 0.29) is 6.23 Å². The van der Waals surface area contributed by atoms with Crippen LogP contribution in [0.4, 0.5) is 0 Å². The van der Waals surface area contributed by atoms with E-state index in [0.29, 0.717) is 6.04 Å². The highest BCUT2D eigenvalue weighted by atomic mass is 16.5. The van der Waals surface area contributed by atoms with Crippen molar-refractivity contribution in [1.82, 2.24) is 5.32 Å². The smallest absolute Gasteiger partial charge is 0.125 e. The van der Waals surface area contributed by atoms with E-state index in [1.165, 1.54) is 0 Å². The van der Waals surface area contributed by atoms with Crippen molar-refractivity contribution in [2.24, 2.45) is 0 Å². The maximum absolute atomic E-state index is 5.15. The van der Waals surface area contributed by atoms with E-state index < -0.39 is 0 Å². The number of methoxy groups -OCH3 is 1. The normalized spacial score (nSPS) is 32.7. The standard InChI is InChI=1S/C6H13NO2/c1-3-9-4-5-6(7-5)8-2/h5-7H,3-4H2,1-2H3. The molecule has 0 aromatic rings. The molecule has 9 heavy (non-hydrogen) atoms. The highest BCUT2D eigenvalue weighted by molar-refractivity contribution is 4.90. The minimum Gasteiger partial charge on any atom is -0.380 e. The van der Waals surface area contributed by atoms with Crippen LogP contribution in [-0.4, -0.2) is 32.6 Å². The molecule has 1 N–H and O–H groups in total. The monoisotopic (exact) mass is 131 g/mol.